The number of nitrogens with one attached hydrogen (secondary N) is 1. The summed E-state index contributed by atoms with van der Waals surface area (Å²) in [5.74, 6) is 0.688. The number of oxazole rings is 1. The molecule has 0 bridgehead atoms. The van der Waals surface area contributed by atoms with Gasteiger partial charge in [-0.3, -0.25) is 0 Å². The van der Waals surface area contributed by atoms with E-state index in [1.807, 2.05) is 0 Å². The number of aromatic nitrogens is 1. The molecule has 1 N–H and O–H groups in total. The molecule has 8 heteroatoms. The third-order valence-corrected chi connectivity index (χ3v) is 6.38. The van der Waals surface area contributed by atoms with Crippen molar-refractivity contribution in [3.8, 4) is 17.5 Å². The molecule has 1 saturated carbocycles. The first-order valence-corrected chi connectivity index (χ1v) is 10.1. The maximum absolute atomic E-state index is 12.1. The Hall–Kier alpha value is -2.37. The number of rotatable bonds is 5. The topological polar surface area (TPSA) is 99.2 Å². The molecule has 1 aliphatic rings. The highest BCUT2D eigenvalue weighted by Gasteiger charge is 2.21. The summed E-state index contributed by atoms with van der Waals surface area (Å²) in [4.78, 5) is 4.43. The first-order valence-electron chi connectivity index (χ1n) is 8.62. The van der Waals surface area contributed by atoms with E-state index in [4.69, 9.17) is 4.42 Å². The van der Waals surface area contributed by atoms with Crippen LogP contribution in [0, 0.1) is 11.3 Å². The van der Waals surface area contributed by atoms with Gasteiger partial charge in [0, 0.05) is 25.7 Å². The monoisotopic (exact) mass is 374 g/mol. The van der Waals surface area contributed by atoms with E-state index < -0.39 is 10.0 Å². The molecular weight excluding hydrogens is 352 g/mol. The largest absolute Gasteiger partial charge is 0.419 e. The van der Waals surface area contributed by atoms with E-state index in [0.717, 1.165) is 17.1 Å². The zero-order valence-electron chi connectivity index (χ0n) is 14.9. The molecule has 1 aromatic carbocycles. The van der Waals surface area contributed by atoms with Crippen molar-refractivity contribution < 1.29 is 12.8 Å². The summed E-state index contributed by atoms with van der Waals surface area (Å²) in [5, 5.41) is 12.6. The normalized spacial score (nSPS) is 15.8. The summed E-state index contributed by atoms with van der Waals surface area (Å²) in [5.41, 5.74) is 0.839. The molecule has 2 aromatic rings. The first-order chi connectivity index (χ1) is 12.4. The Morgan fingerprint density at radius 3 is 2.42 bits per heavy atom. The predicted octanol–water partition coefficient (Wildman–Crippen LogP) is 3.21. The Morgan fingerprint density at radius 2 is 1.85 bits per heavy atom. The predicted molar refractivity (Wildman–Crippen MR) is 98.0 cm³/mol. The van der Waals surface area contributed by atoms with E-state index in [9.17, 15) is 13.7 Å². The Kier molecular flexibility index (Phi) is 5.30. The Labute approximate surface area is 153 Å². The number of nitrogens with zero attached hydrogens (tertiary/aromatic N) is 3. The molecule has 1 heterocycles. The molecule has 7 nitrogen and oxygen atoms in total. The number of hydrogen-bond donors (Lipinski definition) is 1. The van der Waals surface area contributed by atoms with Crippen molar-refractivity contribution in [2.24, 2.45) is 0 Å². The molecule has 26 heavy (non-hydrogen) atoms. The second kappa shape index (κ2) is 7.48. The van der Waals surface area contributed by atoms with Crippen LogP contribution < -0.4 is 5.32 Å². The lowest BCUT2D eigenvalue weighted by Crippen LogP contribution is -2.22. The second-order valence-electron chi connectivity index (χ2n) is 6.60. The van der Waals surface area contributed by atoms with Crippen molar-refractivity contribution >= 4 is 15.9 Å². The molecule has 0 spiro atoms. The van der Waals surface area contributed by atoms with Gasteiger partial charge in [-0.05, 0) is 37.1 Å². The highest BCUT2D eigenvalue weighted by molar-refractivity contribution is 7.89. The number of benzene rings is 1. The quantitative estimate of drug-likeness (QED) is 0.863. The molecule has 0 radical (unpaired) electrons. The van der Waals surface area contributed by atoms with Crippen molar-refractivity contribution in [1.82, 2.24) is 9.29 Å². The Morgan fingerprint density at radius 1 is 1.19 bits per heavy atom. The third-order valence-electron chi connectivity index (χ3n) is 4.55. The molecular formula is C18H22N4O3S. The first kappa shape index (κ1) is 18.4. The van der Waals surface area contributed by atoms with Crippen LogP contribution in [-0.2, 0) is 10.0 Å². The standard InChI is InChI=1S/C18H22N4O3S/c1-22(2)26(23,24)15-10-8-13(9-11-15)17-21-16(12-19)18(25-17)20-14-6-4-3-5-7-14/h8-11,14,20H,3-7H2,1-2H3. The lowest BCUT2D eigenvalue weighted by atomic mass is 9.95. The van der Waals surface area contributed by atoms with Gasteiger partial charge >= 0.3 is 0 Å². The van der Waals surface area contributed by atoms with Gasteiger partial charge in [-0.2, -0.15) is 10.2 Å². The fraction of sp³-hybridized carbons (Fsp3) is 0.444. The van der Waals surface area contributed by atoms with E-state index in [2.05, 4.69) is 16.4 Å². The molecule has 3 rings (SSSR count). The van der Waals surface area contributed by atoms with E-state index in [-0.39, 0.29) is 10.6 Å². The van der Waals surface area contributed by atoms with Crippen LogP contribution in [0.5, 0.6) is 0 Å². The molecule has 138 valence electrons. The van der Waals surface area contributed by atoms with Gasteiger partial charge in [0.25, 0.3) is 0 Å². The fourth-order valence-corrected chi connectivity index (χ4v) is 3.93. The summed E-state index contributed by atoms with van der Waals surface area (Å²) >= 11 is 0. The van der Waals surface area contributed by atoms with Crippen LogP contribution in [0.2, 0.25) is 0 Å². The number of hydrogen-bond acceptors (Lipinski definition) is 6. The minimum atomic E-state index is -3.49. The van der Waals surface area contributed by atoms with Crippen molar-refractivity contribution in [3.63, 3.8) is 0 Å². The fourth-order valence-electron chi connectivity index (χ4n) is 3.03. The van der Waals surface area contributed by atoms with Crippen LogP contribution in [0.4, 0.5) is 5.88 Å². The summed E-state index contributed by atoms with van der Waals surface area (Å²) in [6.45, 7) is 0. The lowest BCUT2D eigenvalue weighted by molar-refractivity contribution is 0.451. The van der Waals surface area contributed by atoms with Crippen LogP contribution >= 0.6 is 0 Å². The summed E-state index contributed by atoms with van der Waals surface area (Å²) < 4.78 is 31.2. The maximum atomic E-state index is 12.1. The van der Waals surface area contributed by atoms with E-state index in [1.165, 1.54) is 45.5 Å². The van der Waals surface area contributed by atoms with Crippen LogP contribution in [0.25, 0.3) is 11.5 Å². The van der Waals surface area contributed by atoms with Crippen LogP contribution in [0.3, 0.4) is 0 Å². The SMILES string of the molecule is CN(C)S(=O)(=O)c1ccc(-c2nc(C#N)c(NC3CCCCC3)o2)cc1. The summed E-state index contributed by atoms with van der Waals surface area (Å²) in [6.07, 6.45) is 5.69. The molecule has 1 aromatic heterocycles. The third kappa shape index (κ3) is 3.74. The zero-order chi connectivity index (χ0) is 18.7. The van der Waals surface area contributed by atoms with Gasteiger partial charge in [-0.15, -0.1) is 0 Å². The minimum Gasteiger partial charge on any atom is -0.419 e. The highest BCUT2D eigenvalue weighted by atomic mass is 32.2. The zero-order valence-corrected chi connectivity index (χ0v) is 15.7. The van der Waals surface area contributed by atoms with E-state index >= 15 is 0 Å². The average Bonchev–Trinajstić information content (AvgIpc) is 3.05. The summed E-state index contributed by atoms with van der Waals surface area (Å²) in [6, 6.07) is 8.64. The van der Waals surface area contributed by atoms with E-state index in [0.29, 0.717) is 23.4 Å². The maximum Gasteiger partial charge on any atom is 0.242 e. The number of anilines is 1. The van der Waals surface area contributed by atoms with Crippen molar-refractivity contribution in [1.29, 1.82) is 5.26 Å². The molecule has 0 atom stereocenters. The lowest BCUT2D eigenvalue weighted by Gasteiger charge is -2.22. The molecule has 0 aliphatic heterocycles. The van der Waals surface area contributed by atoms with Gasteiger partial charge in [0.15, 0.2) is 0 Å². The molecule has 0 unspecified atom stereocenters. The van der Waals surface area contributed by atoms with Crippen LogP contribution in [0.15, 0.2) is 33.6 Å². The van der Waals surface area contributed by atoms with Gasteiger partial charge in [0.05, 0.1) is 4.90 Å². The van der Waals surface area contributed by atoms with E-state index in [1.54, 1.807) is 12.1 Å². The highest BCUT2D eigenvalue weighted by Crippen LogP contribution is 2.29. The van der Waals surface area contributed by atoms with Crippen molar-refractivity contribution in [3.05, 3.63) is 30.0 Å². The average molecular weight is 374 g/mol. The van der Waals surface area contributed by atoms with Gasteiger partial charge in [-0.25, -0.2) is 12.7 Å². The Balaban J connectivity index is 1.84. The van der Waals surface area contributed by atoms with Crippen LogP contribution in [-0.4, -0.2) is 37.8 Å². The van der Waals surface area contributed by atoms with Crippen molar-refractivity contribution in [2.45, 2.75) is 43.0 Å². The smallest absolute Gasteiger partial charge is 0.242 e. The molecule has 0 saturated heterocycles. The van der Waals surface area contributed by atoms with Crippen LogP contribution in [0.1, 0.15) is 37.8 Å². The summed E-state index contributed by atoms with van der Waals surface area (Å²) in [7, 11) is -0.513. The Bertz CT molecular complexity index is 905. The number of sulfonamides is 1. The van der Waals surface area contributed by atoms with Crippen molar-refractivity contribution in [2.75, 3.05) is 19.4 Å². The van der Waals surface area contributed by atoms with Gasteiger partial charge in [0.2, 0.25) is 27.5 Å². The van der Waals surface area contributed by atoms with Gasteiger partial charge in [-0.1, -0.05) is 19.3 Å². The number of nitriles is 1. The second-order valence-corrected chi connectivity index (χ2v) is 8.75. The van der Waals surface area contributed by atoms with Gasteiger partial charge in [0.1, 0.15) is 6.07 Å². The minimum absolute atomic E-state index is 0.193. The molecule has 1 fully saturated rings. The molecule has 1 aliphatic carbocycles. The molecule has 0 amide bonds. The van der Waals surface area contributed by atoms with Gasteiger partial charge < -0.3 is 9.73 Å².